The van der Waals surface area contributed by atoms with Gasteiger partial charge in [0.25, 0.3) is 0 Å². The monoisotopic (exact) mass is 460 g/mol. The van der Waals surface area contributed by atoms with E-state index in [0.717, 1.165) is 0 Å². The highest BCUT2D eigenvalue weighted by atomic mass is 79.9. The molecule has 0 atom stereocenters. The Balaban J connectivity index is 1.65. The first kappa shape index (κ1) is 18.3. The van der Waals surface area contributed by atoms with E-state index in [1.165, 1.54) is 11.8 Å². The number of hydrogen-bond acceptors (Lipinski definition) is 5. The van der Waals surface area contributed by atoms with Gasteiger partial charge in [0.1, 0.15) is 0 Å². The van der Waals surface area contributed by atoms with Crippen LogP contribution in [0.2, 0.25) is 10.0 Å². The summed E-state index contributed by atoms with van der Waals surface area (Å²) in [4.78, 5) is 12.1. The number of rotatable bonds is 5. The Labute approximate surface area is 166 Å². The van der Waals surface area contributed by atoms with Gasteiger partial charge >= 0.3 is 0 Å². The van der Waals surface area contributed by atoms with Gasteiger partial charge in [0.15, 0.2) is 21.4 Å². The van der Waals surface area contributed by atoms with Gasteiger partial charge in [-0.3, -0.25) is 4.79 Å². The van der Waals surface area contributed by atoms with Crippen molar-refractivity contribution in [2.45, 2.75) is 5.16 Å². The van der Waals surface area contributed by atoms with E-state index in [1.807, 2.05) is 0 Å². The summed E-state index contributed by atoms with van der Waals surface area (Å²) in [6, 6.07) is 8.45. The Morgan fingerprint density at radius 1 is 1.32 bits per heavy atom. The highest BCUT2D eigenvalue weighted by Crippen LogP contribution is 2.27. The molecule has 1 N–H and O–H groups in total. The van der Waals surface area contributed by atoms with Crippen molar-refractivity contribution >= 4 is 62.5 Å². The van der Waals surface area contributed by atoms with E-state index in [4.69, 9.17) is 27.6 Å². The fourth-order valence-corrected chi connectivity index (χ4v) is 3.35. The molecule has 1 aromatic carbocycles. The van der Waals surface area contributed by atoms with Crippen molar-refractivity contribution in [2.75, 3.05) is 11.1 Å². The third kappa shape index (κ3) is 4.38. The van der Waals surface area contributed by atoms with Crippen molar-refractivity contribution < 1.29 is 9.21 Å². The van der Waals surface area contributed by atoms with Gasteiger partial charge in [-0.1, -0.05) is 35.0 Å². The molecule has 0 aliphatic rings. The SMILES string of the molecule is Cn1c(SCC(=O)Nc2cc(Cl)ccc2Cl)nnc1-c1ccc(Br)o1. The summed E-state index contributed by atoms with van der Waals surface area (Å²) in [5, 5.41) is 12.4. The first-order valence-corrected chi connectivity index (χ1v) is 9.50. The number of nitrogens with zero attached hydrogens (tertiary/aromatic N) is 3. The van der Waals surface area contributed by atoms with Crippen molar-refractivity contribution in [3.05, 3.63) is 45.0 Å². The summed E-state index contributed by atoms with van der Waals surface area (Å²) in [6.07, 6.45) is 0. The molecule has 1 amide bonds. The number of hydrogen-bond donors (Lipinski definition) is 1. The molecule has 0 saturated carbocycles. The lowest BCUT2D eigenvalue weighted by atomic mass is 10.3. The zero-order valence-electron chi connectivity index (χ0n) is 12.8. The molecule has 6 nitrogen and oxygen atoms in total. The van der Waals surface area contributed by atoms with E-state index >= 15 is 0 Å². The molecule has 2 heterocycles. The van der Waals surface area contributed by atoms with E-state index in [9.17, 15) is 4.79 Å². The van der Waals surface area contributed by atoms with E-state index in [-0.39, 0.29) is 11.7 Å². The second-order valence-corrected chi connectivity index (χ2v) is 7.50. The quantitative estimate of drug-likeness (QED) is 0.548. The van der Waals surface area contributed by atoms with Gasteiger partial charge in [0, 0.05) is 12.1 Å². The number of benzene rings is 1. The van der Waals surface area contributed by atoms with Gasteiger partial charge < -0.3 is 14.3 Å². The summed E-state index contributed by atoms with van der Waals surface area (Å²) < 4.78 is 7.84. The van der Waals surface area contributed by atoms with Crippen molar-refractivity contribution in [3.8, 4) is 11.6 Å². The third-order valence-electron chi connectivity index (χ3n) is 3.16. The molecule has 0 radical (unpaired) electrons. The van der Waals surface area contributed by atoms with Crippen LogP contribution in [0.3, 0.4) is 0 Å². The number of thioether (sulfide) groups is 1. The molecule has 0 spiro atoms. The fraction of sp³-hybridized carbons (Fsp3) is 0.133. The predicted molar refractivity (Wildman–Crippen MR) is 102 cm³/mol. The molecule has 3 rings (SSSR count). The van der Waals surface area contributed by atoms with Crippen LogP contribution in [-0.2, 0) is 11.8 Å². The van der Waals surface area contributed by atoms with Crippen LogP contribution in [0.15, 0.2) is 44.6 Å². The first-order valence-electron chi connectivity index (χ1n) is 6.97. The summed E-state index contributed by atoms with van der Waals surface area (Å²) in [5.41, 5.74) is 0.471. The number of aromatic nitrogens is 3. The summed E-state index contributed by atoms with van der Waals surface area (Å²) in [6.45, 7) is 0. The number of nitrogens with one attached hydrogen (secondary N) is 1. The molecule has 0 bridgehead atoms. The van der Waals surface area contributed by atoms with E-state index in [2.05, 4.69) is 31.4 Å². The number of anilines is 1. The van der Waals surface area contributed by atoms with Crippen molar-refractivity contribution in [1.29, 1.82) is 0 Å². The molecule has 3 aromatic rings. The first-order chi connectivity index (χ1) is 11.9. The van der Waals surface area contributed by atoms with Gasteiger partial charge in [-0.05, 0) is 46.3 Å². The van der Waals surface area contributed by atoms with Crippen LogP contribution < -0.4 is 5.32 Å². The standard InChI is InChI=1S/C15H11BrCl2N4O2S/c1-22-14(11-4-5-12(16)24-11)20-21-15(22)25-7-13(23)19-10-6-8(17)2-3-9(10)18/h2-6H,7H2,1H3,(H,19,23). The molecule has 0 fully saturated rings. The molecule has 0 aliphatic carbocycles. The van der Waals surface area contributed by atoms with Crippen LogP contribution in [0.1, 0.15) is 0 Å². The zero-order valence-corrected chi connectivity index (χ0v) is 16.7. The maximum absolute atomic E-state index is 12.1. The van der Waals surface area contributed by atoms with Crippen molar-refractivity contribution in [2.24, 2.45) is 7.05 Å². The summed E-state index contributed by atoms with van der Waals surface area (Å²) >= 11 is 16.4. The Morgan fingerprint density at radius 3 is 2.84 bits per heavy atom. The van der Waals surface area contributed by atoms with E-state index in [1.54, 1.807) is 41.9 Å². The third-order valence-corrected chi connectivity index (χ3v) is 5.17. The number of amides is 1. The Kier molecular flexibility index (Phi) is 5.73. The molecule has 2 aromatic heterocycles. The minimum atomic E-state index is -0.223. The van der Waals surface area contributed by atoms with E-state index < -0.39 is 0 Å². The molecule has 10 heteroatoms. The lowest BCUT2D eigenvalue weighted by molar-refractivity contribution is -0.113. The van der Waals surface area contributed by atoms with Gasteiger partial charge in [0.05, 0.1) is 16.5 Å². The minimum Gasteiger partial charge on any atom is -0.446 e. The molecular formula is C15H11BrCl2N4O2S. The molecule has 130 valence electrons. The average Bonchev–Trinajstić information content (AvgIpc) is 3.15. The van der Waals surface area contributed by atoms with Crippen LogP contribution in [-0.4, -0.2) is 26.4 Å². The largest absolute Gasteiger partial charge is 0.446 e. The Bertz CT molecular complexity index is 928. The highest BCUT2D eigenvalue weighted by molar-refractivity contribution is 9.10. The summed E-state index contributed by atoms with van der Waals surface area (Å²) in [7, 11) is 1.81. The number of carbonyl (C=O) groups excluding carboxylic acids is 1. The molecule has 0 aliphatic heterocycles. The zero-order chi connectivity index (χ0) is 18.0. The van der Waals surface area contributed by atoms with Crippen LogP contribution >= 0.6 is 50.9 Å². The van der Waals surface area contributed by atoms with Crippen LogP contribution in [0.25, 0.3) is 11.6 Å². The lowest BCUT2D eigenvalue weighted by Crippen LogP contribution is -2.14. The number of carbonyl (C=O) groups is 1. The van der Waals surface area contributed by atoms with Crippen LogP contribution in [0.4, 0.5) is 5.69 Å². The van der Waals surface area contributed by atoms with Crippen LogP contribution in [0.5, 0.6) is 0 Å². The topological polar surface area (TPSA) is 73.0 Å². The summed E-state index contributed by atoms with van der Waals surface area (Å²) in [5.74, 6) is 1.09. The van der Waals surface area contributed by atoms with Crippen molar-refractivity contribution in [1.82, 2.24) is 14.8 Å². The maximum Gasteiger partial charge on any atom is 0.234 e. The minimum absolute atomic E-state index is 0.149. The van der Waals surface area contributed by atoms with Crippen LogP contribution in [0, 0.1) is 0 Å². The van der Waals surface area contributed by atoms with Gasteiger partial charge in [-0.2, -0.15) is 0 Å². The highest BCUT2D eigenvalue weighted by Gasteiger charge is 2.16. The van der Waals surface area contributed by atoms with Gasteiger partial charge in [-0.25, -0.2) is 0 Å². The number of furan rings is 1. The Hall–Kier alpha value is -1.48. The fourth-order valence-electron chi connectivity index (χ4n) is 2.00. The van der Waals surface area contributed by atoms with Gasteiger partial charge in [-0.15, -0.1) is 10.2 Å². The molecule has 25 heavy (non-hydrogen) atoms. The van der Waals surface area contributed by atoms with Crippen molar-refractivity contribution in [3.63, 3.8) is 0 Å². The normalized spacial score (nSPS) is 10.9. The second kappa shape index (κ2) is 7.82. The Morgan fingerprint density at radius 2 is 2.12 bits per heavy atom. The van der Waals surface area contributed by atoms with E-state index in [0.29, 0.717) is 37.1 Å². The van der Waals surface area contributed by atoms with Gasteiger partial charge in [0.2, 0.25) is 5.91 Å². The smallest absolute Gasteiger partial charge is 0.234 e. The molecule has 0 saturated heterocycles. The molecular weight excluding hydrogens is 451 g/mol. The predicted octanol–water partition coefficient (Wildman–Crippen LogP) is 4.88. The average molecular weight is 462 g/mol. The number of halogens is 3. The molecule has 0 unspecified atom stereocenters. The maximum atomic E-state index is 12.1. The lowest BCUT2D eigenvalue weighted by Gasteiger charge is -2.07. The second-order valence-electron chi connectivity index (χ2n) is 4.93.